The molecule has 0 atom stereocenters. The largest absolute Gasteiger partial charge is 0.282 e. The van der Waals surface area contributed by atoms with Crippen LogP contribution in [0.4, 0.5) is 4.39 Å². The van der Waals surface area contributed by atoms with E-state index in [0.717, 1.165) is 50.6 Å². The fourth-order valence-electron chi connectivity index (χ4n) is 3.29. The van der Waals surface area contributed by atoms with E-state index in [9.17, 15) is 9.18 Å². The number of hydrogen-bond donors (Lipinski definition) is 0. The summed E-state index contributed by atoms with van der Waals surface area (Å²) in [6.45, 7) is 5.09. The molecule has 0 saturated heterocycles. The molecule has 0 aromatic rings. The van der Waals surface area contributed by atoms with Gasteiger partial charge in [-0.05, 0) is 45.6 Å². The van der Waals surface area contributed by atoms with Crippen LogP contribution in [-0.4, -0.2) is 16.6 Å². The van der Waals surface area contributed by atoms with Crippen molar-refractivity contribution in [3.63, 3.8) is 0 Å². The zero-order chi connectivity index (χ0) is 13.4. The fourth-order valence-corrected chi connectivity index (χ4v) is 3.29. The molecule has 2 aliphatic rings. The van der Waals surface area contributed by atoms with E-state index in [2.05, 4.69) is 13.0 Å². The molecule has 3 heteroatoms. The lowest BCUT2D eigenvalue weighted by Crippen LogP contribution is -2.45. The topological polar surface area (TPSA) is 20.3 Å². The number of rotatable bonds is 4. The van der Waals surface area contributed by atoms with Crippen LogP contribution < -0.4 is 0 Å². The zero-order valence-electron chi connectivity index (χ0n) is 11.8. The van der Waals surface area contributed by atoms with Gasteiger partial charge in [0, 0.05) is 5.70 Å². The molecule has 18 heavy (non-hydrogen) atoms. The number of nitrogens with zero attached hydrogens (tertiary/aromatic N) is 1. The quantitative estimate of drug-likeness (QED) is 0.689. The molecular weight excluding hydrogens is 229 g/mol. The van der Waals surface area contributed by atoms with E-state index in [4.69, 9.17) is 0 Å². The van der Waals surface area contributed by atoms with Gasteiger partial charge in [0.2, 0.25) is 5.91 Å². The maximum Gasteiger partial charge on any atom is 0.239 e. The highest BCUT2D eigenvalue weighted by atomic mass is 19.1. The second-order valence-electron chi connectivity index (χ2n) is 6.15. The van der Waals surface area contributed by atoms with Gasteiger partial charge < -0.3 is 0 Å². The molecule has 1 fully saturated rings. The van der Waals surface area contributed by atoms with Crippen LogP contribution in [0.15, 0.2) is 11.8 Å². The van der Waals surface area contributed by atoms with E-state index in [-0.39, 0.29) is 11.3 Å². The highest BCUT2D eigenvalue weighted by Gasteiger charge is 2.51. The van der Waals surface area contributed by atoms with E-state index >= 15 is 0 Å². The minimum absolute atomic E-state index is 0.00129. The van der Waals surface area contributed by atoms with Crippen molar-refractivity contribution in [1.82, 2.24) is 4.90 Å². The van der Waals surface area contributed by atoms with Crippen LogP contribution >= 0.6 is 0 Å². The first kappa shape index (κ1) is 13.6. The minimum Gasteiger partial charge on any atom is -0.282 e. The van der Waals surface area contributed by atoms with Crippen LogP contribution in [0, 0.1) is 5.41 Å². The lowest BCUT2D eigenvalue weighted by Gasteiger charge is -2.33. The molecule has 2 nitrogen and oxygen atoms in total. The van der Waals surface area contributed by atoms with E-state index in [1.807, 2.05) is 0 Å². The first-order chi connectivity index (χ1) is 8.41. The molecule has 1 amide bonds. The normalized spacial score (nSPS) is 23.0. The number of hydrogen-bond acceptors (Lipinski definition) is 1. The van der Waals surface area contributed by atoms with Gasteiger partial charge in [-0.2, -0.15) is 0 Å². The summed E-state index contributed by atoms with van der Waals surface area (Å²) < 4.78 is 14.3. The van der Waals surface area contributed by atoms with Gasteiger partial charge in [-0.1, -0.05) is 26.2 Å². The third-order valence-electron chi connectivity index (χ3n) is 4.17. The second-order valence-corrected chi connectivity index (χ2v) is 6.15. The molecule has 0 radical (unpaired) electrons. The van der Waals surface area contributed by atoms with E-state index in [1.54, 1.807) is 0 Å². The van der Waals surface area contributed by atoms with Crippen LogP contribution in [-0.2, 0) is 4.79 Å². The first-order valence-electron chi connectivity index (χ1n) is 7.16. The number of amides is 1. The molecule has 1 heterocycles. The SMILES string of the molecule is CCCCC1=CC2(CCCC2)C(=O)N1C(C)(C)F. The number of halogens is 1. The van der Waals surface area contributed by atoms with Gasteiger partial charge in [0.15, 0.2) is 5.79 Å². The maximum absolute atomic E-state index is 14.3. The third kappa shape index (κ3) is 2.19. The molecular formula is C15H24FNO. The molecule has 0 unspecified atom stereocenters. The molecule has 0 N–H and O–H groups in total. The molecule has 1 spiro atoms. The van der Waals surface area contributed by atoms with E-state index in [1.165, 1.54) is 18.7 Å². The van der Waals surface area contributed by atoms with Crippen LogP contribution in [0.5, 0.6) is 0 Å². The van der Waals surface area contributed by atoms with Crippen molar-refractivity contribution in [2.45, 2.75) is 71.5 Å². The van der Waals surface area contributed by atoms with Gasteiger partial charge in [0.1, 0.15) is 0 Å². The van der Waals surface area contributed by atoms with Gasteiger partial charge in [0.25, 0.3) is 0 Å². The van der Waals surface area contributed by atoms with Gasteiger partial charge in [-0.15, -0.1) is 0 Å². The monoisotopic (exact) mass is 253 g/mol. The molecule has 0 bridgehead atoms. The average molecular weight is 253 g/mol. The van der Waals surface area contributed by atoms with E-state index < -0.39 is 5.79 Å². The molecule has 2 rings (SSSR count). The van der Waals surface area contributed by atoms with Crippen molar-refractivity contribution in [3.05, 3.63) is 11.8 Å². The Kier molecular flexibility index (Phi) is 3.52. The molecule has 1 aliphatic carbocycles. The van der Waals surface area contributed by atoms with Crippen molar-refractivity contribution in [3.8, 4) is 0 Å². The Labute approximate surface area is 109 Å². The Bertz CT molecular complexity index is 361. The predicted molar refractivity (Wildman–Crippen MR) is 70.5 cm³/mol. The maximum atomic E-state index is 14.3. The Hall–Kier alpha value is -0.860. The Morgan fingerprint density at radius 3 is 2.50 bits per heavy atom. The van der Waals surface area contributed by atoms with Crippen molar-refractivity contribution in [2.24, 2.45) is 5.41 Å². The van der Waals surface area contributed by atoms with Crippen LogP contribution in [0.25, 0.3) is 0 Å². The standard InChI is InChI=1S/C15H24FNO/c1-4-5-8-12-11-15(9-6-7-10-15)13(18)17(12)14(2,3)16/h11H,4-10H2,1-3H3. The van der Waals surface area contributed by atoms with Crippen molar-refractivity contribution < 1.29 is 9.18 Å². The van der Waals surface area contributed by atoms with E-state index in [0.29, 0.717) is 0 Å². The number of carbonyl (C=O) groups is 1. The van der Waals surface area contributed by atoms with Crippen molar-refractivity contribution in [2.75, 3.05) is 0 Å². The predicted octanol–water partition coefficient (Wildman–Crippen LogP) is 4.17. The van der Waals surface area contributed by atoms with Gasteiger partial charge in [0.05, 0.1) is 5.41 Å². The molecule has 0 aromatic carbocycles. The Morgan fingerprint density at radius 2 is 2.00 bits per heavy atom. The van der Waals surface area contributed by atoms with Crippen molar-refractivity contribution in [1.29, 1.82) is 0 Å². The van der Waals surface area contributed by atoms with Crippen LogP contribution in [0.2, 0.25) is 0 Å². The fraction of sp³-hybridized carbons (Fsp3) is 0.800. The Balaban J connectivity index is 2.29. The zero-order valence-corrected chi connectivity index (χ0v) is 11.8. The summed E-state index contributed by atoms with van der Waals surface area (Å²) in [5.41, 5.74) is 0.545. The summed E-state index contributed by atoms with van der Waals surface area (Å²) in [4.78, 5) is 14.0. The summed E-state index contributed by atoms with van der Waals surface area (Å²) in [5.74, 6) is -1.58. The van der Waals surface area contributed by atoms with Gasteiger partial charge in [-0.25, -0.2) is 4.39 Å². The Morgan fingerprint density at radius 1 is 1.39 bits per heavy atom. The lowest BCUT2D eigenvalue weighted by atomic mass is 9.86. The summed E-state index contributed by atoms with van der Waals surface area (Å²) in [7, 11) is 0. The first-order valence-corrected chi connectivity index (χ1v) is 7.16. The van der Waals surface area contributed by atoms with Crippen molar-refractivity contribution >= 4 is 5.91 Å². The number of carbonyl (C=O) groups excluding carboxylic acids is 1. The van der Waals surface area contributed by atoms with Gasteiger partial charge in [-0.3, -0.25) is 9.69 Å². The summed E-state index contributed by atoms with van der Waals surface area (Å²) in [6.07, 6.45) is 8.95. The van der Waals surface area contributed by atoms with Gasteiger partial charge >= 0.3 is 0 Å². The minimum atomic E-state index is -1.58. The summed E-state index contributed by atoms with van der Waals surface area (Å²) in [5, 5.41) is 0. The lowest BCUT2D eigenvalue weighted by molar-refractivity contribution is -0.144. The van der Waals surface area contributed by atoms with Crippen LogP contribution in [0.3, 0.4) is 0 Å². The third-order valence-corrected chi connectivity index (χ3v) is 4.17. The number of alkyl halides is 1. The molecule has 1 aliphatic heterocycles. The summed E-state index contributed by atoms with van der Waals surface area (Å²) in [6, 6.07) is 0. The summed E-state index contributed by atoms with van der Waals surface area (Å²) >= 11 is 0. The van der Waals surface area contributed by atoms with Crippen LogP contribution in [0.1, 0.15) is 65.7 Å². The highest BCUT2D eigenvalue weighted by Crippen LogP contribution is 2.49. The molecule has 0 aromatic heterocycles. The molecule has 102 valence electrons. The number of unbranched alkanes of at least 4 members (excludes halogenated alkanes) is 1. The number of allylic oxidation sites excluding steroid dienone is 1. The average Bonchev–Trinajstić information content (AvgIpc) is 2.83. The smallest absolute Gasteiger partial charge is 0.239 e. The second kappa shape index (κ2) is 4.67. The molecule has 1 saturated carbocycles. The highest BCUT2D eigenvalue weighted by molar-refractivity contribution is 5.90.